The summed E-state index contributed by atoms with van der Waals surface area (Å²) in [6.45, 7) is 5.31. The minimum Gasteiger partial charge on any atom is -0.465 e. The molecule has 0 aliphatic heterocycles. The quantitative estimate of drug-likeness (QED) is 0.253. The first-order valence-corrected chi connectivity index (χ1v) is 7.09. The lowest BCUT2D eigenvalue weighted by Gasteiger charge is -2.32. The van der Waals surface area contributed by atoms with Crippen molar-refractivity contribution in [1.29, 1.82) is 0 Å². The normalized spacial score (nSPS) is 24.3. The maximum absolute atomic E-state index is 12.0. The molecule has 6 heteroatoms. The van der Waals surface area contributed by atoms with E-state index in [0.29, 0.717) is 31.5 Å². The Balaban J connectivity index is 2.56. The first kappa shape index (κ1) is 15.8. The maximum Gasteiger partial charge on any atom is 0.323 e. The van der Waals surface area contributed by atoms with Gasteiger partial charge in [0.25, 0.3) is 0 Å². The molecule has 0 aromatic rings. The standard InChI is InChI=1S/C13H24N4O2/c1-3-19-13(18)12(15-7-8-16-17-14)11-6-4-5-10(2)9-11/h10-12,15H,3-9H2,1-2H3. The molecule has 0 saturated heterocycles. The van der Waals surface area contributed by atoms with E-state index >= 15 is 0 Å². The van der Waals surface area contributed by atoms with Crippen LogP contribution < -0.4 is 5.32 Å². The molecule has 6 nitrogen and oxygen atoms in total. The van der Waals surface area contributed by atoms with Crippen LogP contribution in [-0.4, -0.2) is 31.7 Å². The third-order valence-corrected chi connectivity index (χ3v) is 3.63. The summed E-state index contributed by atoms with van der Waals surface area (Å²) >= 11 is 0. The Morgan fingerprint density at radius 2 is 2.37 bits per heavy atom. The van der Waals surface area contributed by atoms with Crippen molar-refractivity contribution in [2.45, 2.75) is 45.6 Å². The van der Waals surface area contributed by atoms with Crippen molar-refractivity contribution in [2.75, 3.05) is 19.7 Å². The van der Waals surface area contributed by atoms with Crippen molar-refractivity contribution in [2.24, 2.45) is 17.0 Å². The van der Waals surface area contributed by atoms with Gasteiger partial charge < -0.3 is 10.1 Å². The Morgan fingerprint density at radius 3 is 3.00 bits per heavy atom. The molecule has 108 valence electrons. The molecule has 1 saturated carbocycles. The average Bonchev–Trinajstić information content (AvgIpc) is 2.39. The second-order valence-electron chi connectivity index (χ2n) is 5.17. The predicted octanol–water partition coefficient (Wildman–Crippen LogP) is 2.64. The maximum atomic E-state index is 12.0. The number of rotatable bonds is 7. The Kier molecular flexibility index (Phi) is 7.30. The van der Waals surface area contributed by atoms with E-state index in [9.17, 15) is 4.79 Å². The lowest BCUT2D eigenvalue weighted by atomic mass is 9.78. The van der Waals surface area contributed by atoms with Crippen LogP contribution >= 0.6 is 0 Å². The van der Waals surface area contributed by atoms with Gasteiger partial charge >= 0.3 is 5.97 Å². The van der Waals surface area contributed by atoms with Crippen LogP contribution in [-0.2, 0) is 9.53 Å². The van der Waals surface area contributed by atoms with Crippen LogP contribution in [0.3, 0.4) is 0 Å². The van der Waals surface area contributed by atoms with Crippen molar-refractivity contribution in [3.8, 4) is 0 Å². The first-order valence-electron chi connectivity index (χ1n) is 7.09. The van der Waals surface area contributed by atoms with Crippen LogP contribution in [0.2, 0.25) is 0 Å². The number of carbonyl (C=O) groups excluding carboxylic acids is 1. The van der Waals surface area contributed by atoms with E-state index in [1.54, 1.807) is 0 Å². The van der Waals surface area contributed by atoms with Gasteiger partial charge in [-0.2, -0.15) is 0 Å². The number of hydrogen-bond acceptors (Lipinski definition) is 4. The molecule has 1 N–H and O–H groups in total. The van der Waals surface area contributed by atoms with Crippen molar-refractivity contribution in [3.63, 3.8) is 0 Å². The Hall–Kier alpha value is -1.26. The molecule has 0 aromatic carbocycles. The average molecular weight is 268 g/mol. The molecular formula is C13H24N4O2. The minimum atomic E-state index is -0.267. The number of nitrogens with zero attached hydrogens (tertiary/aromatic N) is 3. The van der Waals surface area contributed by atoms with Gasteiger partial charge in [0.15, 0.2) is 0 Å². The fourth-order valence-electron chi connectivity index (χ4n) is 2.77. The topological polar surface area (TPSA) is 87.1 Å². The van der Waals surface area contributed by atoms with E-state index in [0.717, 1.165) is 12.8 Å². The lowest BCUT2D eigenvalue weighted by molar-refractivity contribution is -0.147. The Morgan fingerprint density at radius 1 is 1.58 bits per heavy atom. The van der Waals surface area contributed by atoms with E-state index < -0.39 is 0 Å². The van der Waals surface area contributed by atoms with Gasteiger partial charge in [-0.3, -0.25) is 4.79 Å². The molecule has 3 atom stereocenters. The van der Waals surface area contributed by atoms with E-state index in [1.807, 2.05) is 6.92 Å². The highest BCUT2D eigenvalue weighted by Gasteiger charge is 2.32. The SMILES string of the molecule is CCOC(=O)C(NCCN=[N+]=[N-])C1CCCC(C)C1. The van der Waals surface area contributed by atoms with Gasteiger partial charge in [-0.25, -0.2) is 0 Å². The fourth-order valence-corrected chi connectivity index (χ4v) is 2.77. The zero-order valence-electron chi connectivity index (χ0n) is 11.8. The highest BCUT2D eigenvalue weighted by molar-refractivity contribution is 5.76. The lowest BCUT2D eigenvalue weighted by Crippen LogP contribution is -2.46. The zero-order chi connectivity index (χ0) is 14.1. The molecule has 0 amide bonds. The van der Waals surface area contributed by atoms with Gasteiger partial charge in [0.2, 0.25) is 0 Å². The van der Waals surface area contributed by atoms with Crippen LogP contribution in [0.15, 0.2) is 5.11 Å². The monoisotopic (exact) mass is 268 g/mol. The summed E-state index contributed by atoms with van der Waals surface area (Å²) in [5.74, 6) is 0.811. The molecule has 1 aliphatic rings. The van der Waals surface area contributed by atoms with Crippen LogP contribution in [0.4, 0.5) is 0 Å². The van der Waals surface area contributed by atoms with Crippen LogP contribution in [0.1, 0.15) is 39.5 Å². The van der Waals surface area contributed by atoms with Gasteiger partial charge in [0.05, 0.1) is 6.61 Å². The largest absolute Gasteiger partial charge is 0.465 e. The Labute approximate surface area is 114 Å². The molecule has 1 aliphatic carbocycles. The minimum absolute atomic E-state index is 0.178. The first-order chi connectivity index (χ1) is 9.19. The number of nitrogens with one attached hydrogen (secondary N) is 1. The van der Waals surface area contributed by atoms with E-state index in [-0.39, 0.29) is 12.0 Å². The van der Waals surface area contributed by atoms with Crippen LogP contribution in [0.5, 0.6) is 0 Å². The second-order valence-corrected chi connectivity index (χ2v) is 5.17. The fraction of sp³-hybridized carbons (Fsp3) is 0.923. The molecule has 3 unspecified atom stereocenters. The third kappa shape index (κ3) is 5.49. The van der Waals surface area contributed by atoms with E-state index in [4.69, 9.17) is 10.3 Å². The number of ether oxygens (including phenoxy) is 1. The summed E-state index contributed by atoms with van der Waals surface area (Å²) in [5.41, 5.74) is 8.25. The van der Waals surface area contributed by atoms with Gasteiger partial charge in [-0.1, -0.05) is 24.9 Å². The Bertz CT molecular complexity index is 329. The number of azide groups is 1. The highest BCUT2D eigenvalue weighted by Crippen LogP contribution is 2.31. The van der Waals surface area contributed by atoms with Gasteiger partial charge in [0.1, 0.15) is 6.04 Å². The van der Waals surface area contributed by atoms with Crippen LogP contribution in [0.25, 0.3) is 10.4 Å². The molecule has 0 aromatic heterocycles. The summed E-state index contributed by atoms with van der Waals surface area (Å²) < 4.78 is 5.14. The molecular weight excluding hydrogens is 244 g/mol. The molecule has 1 fully saturated rings. The molecule has 1 rings (SSSR count). The summed E-state index contributed by atoms with van der Waals surface area (Å²) in [7, 11) is 0. The van der Waals surface area contributed by atoms with Crippen molar-refractivity contribution >= 4 is 5.97 Å². The van der Waals surface area contributed by atoms with Gasteiger partial charge in [0, 0.05) is 18.0 Å². The molecule has 0 bridgehead atoms. The highest BCUT2D eigenvalue weighted by atomic mass is 16.5. The molecule has 0 radical (unpaired) electrons. The number of hydrogen-bond donors (Lipinski definition) is 1. The molecule has 0 heterocycles. The van der Waals surface area contributed by atoms with Gasteiger partial charge in [-0.15, -0.1) is 0 Å². The number of carbonyl (C=O) groups is 1. The molecule has 19 heavy (non-hydrogen) atoms. The number of esters is 1. The predicted molar refractivity (Wildman–Crippen MR) is 73.6 cm³/mol. The van der Waals surface area contributed by atoms with Gasteiger partial charge in [-0.05, 0) is 37.1 Å². The zero-order valence-corrected chi connectivity index (χ0v) is 11.8. The second kappa shape index (κ2) is 8.77. The summed E-state index contributed by atoms with van der Waals surface area (Å²) in [6, 6.07) is -0.267. The van der Waals surface area contributed by atoms with Crippen molar-refractivity contribution in [3.05, 3.63) is 10.4 Å². The summed E-state index contributed by atoms with van der Waals surface area (Å²) in [4.78, 5) is 14.7. The van der Waals surface area contributed by atoms with Crippen molar-refractivity contribution < 1.29 is 9.53 Å². The summed E-state index contributed by atoms with van der Waals surface area (Å²) in [6.07, 6.45) is 4.52. The van der Waals surface area contributed by atoms with E-state index in [2.05, 4.69) is 22.3 Å². The summed E-state index contributed by atoms with van der Waals surface area (Å²) in [5, 5.41) is 6.67. The van der Waals surface area contributed by atoms with E-state index in [1.165, 1.54) is 12.8 Å². The van der Waals surface area contributed by atoms with Crippen LogP contribution in [0, 0.1) is 11.8 Å². The third-order valence-electron chi connectivity index (χ3n) is 3.63. The smallest absolute Gasteiger partial charge is 0.323 e. The molecule has 0 spiro atoms. The van der Waals surface area contributed by atoms with Crippen molar-refractivity contribution in [1.82, 2.24) is 5.32 Å².